The van der Waals surface area contributed by atoms with E-state index in [1.807, 2.05) is 19.1 Å². The van der Waals surface area contributed by atoms with Gasteiger partial charge in [-0.2, -0.15) is 0 Å². The van der Waals surface area contributed by atoms with E-state index in [0.29, 0.717) is 18.0 Å². The quantitative estimate of drug-likeness (QED) is 0.279. The fraction of sp³-hybridized carbons (Fsp3) is 0.632. The van der Waals surface area contributed by atoms with E-state index in [-0.39, 0.29) is 24.0 Å². The Morgan fingerprint density at radius 2 is 1.70 bits per heavy atom. The summed E-state index contributed by atoms with van der Waals surface area (Å²) in [6, 6.07) is 6.88. The lowest BCUT2D eigenvalue weighted by Gasteiger charge is -2.22. The van der Waals surface area contributed by atoms with Crippen molar-refractivity contribution in [2.24, 2.45) is 16.8 Å². The van der Waals surface area contributed by atoms with Crippen molar-refractivity contribution >= 4 is 40.0 Å². The van der Waals surface area contributed by atoms with Gasteiger partial charge in [0.1, 0.15) is 0 Å². The molecule has 1 heterocycles. The van der Waals surface area contributed by atoms with Gasteiger partial charge in [0.05, 0.1) is 4.90 Å². The zero-order valence-electron chi connectivity index (χ0n) is 16.1. The van der Waals surface area contributed by atoms with Gasteiger partial charge in [-0.3, -0.25) is 4.99 Å². The highest BCUT2D eigenvalue weighted by Gasteiger charge is 2.35. The predicted molar refractivity (Wildman–Crippen MR) is 120 cm³/mol. The SMILES string of the molecule is CN=C(NCCNS(=O)(=O)c1ccc(C)cc1)N1CC2CCCCC2C1.I. The van der Waals surface area contributed by atoms with Crippen molar-refractivity contribution < 1.29 is 8.42 Å². The molecule has 8 heteroatoms. The number of rotatable bonds is 5. The van der Waals surface area contributed by atoms with Gasteiger partial charge in [-0.15, -0.1) is 24.0 Å². The molecule has 2 aliphatic rings. The molecule has 152 valence electrons. The Morgan fingerprint density at radius 1 is 1.11 bits per heavy atom. The summed E-state index contributed by atoms with van der Waals surface area (Å²) >= 11 is 0. The Hall–Kier alpha value is -0.870. The largest absolute Gasteiger partial charge is 0.355 e. The lowest BCUT2D eigenvalue weighted by Crippen LogP contribution is -2.43. The normalized spacial score (nSPS) is 22.9. The Balaban J connectivity index is 0.00000261. The second-order valence-corrected chi connectivity index (χ2v) is 9.16. The predicted octanol–water partition coefficient (Wildman–Crippen LogP) is 2.59. The van der Waals surface area contributed by atoms with Gasteiger partial charge >= 0.3 is 0 Å². The van der Waals surface area contributed by atoms with Crippen LogP contribution in [-0.4, -0.2) is 52.5 Å². The van der Waals surface area contributed by atoms with Gasteiger partial charge in [0.2, 0.25) is 10.0 Å². The number of aliphatic imine (C=N–C) groups is 1. The molecule has 3 rings (SSSR count). The average molecular weight is 506 g/mol. The number of likely N-dealkylation sites (tertiary alicyclic amines) is 1. The van der Waals surface area contributed by atoms with Crippen LogP contribution in [0.1, 0.15) is 31.2 Å². The average Bonchev–Trinajstić information content (AvgIpc) is 3.06. The molecule has 0 bridgehead atoms. The molecule has 2 N–H and O–H groups in total. The second kappa shape index (κ2) is 10.1. The van der Waals surface area contributed by atoms with Crippen LogP contribution >= 0.6 is 24.0 Å². The maximum atomic E-state index is 12.3. The number of aryl methyl sites for hydroxylation is 1. The molecule has 1 aliphatic carbocycles. The Kier molecular flexibility index (Phi) is 8.36. The van der Waals surface area contributed by atoms with Crippen LogP contribution in [0.25, 0.3) is 0 Å². The molecular formula is C19H31IN4O2S. The van der Waals surface area contributed by atoms with Crippen molar-refractivity contribution in [1.82, 2.24) is 14.9 Å². The van der Waals surface area contributed by atoms with Crippen molar-refractivity contribution in [3.05, 3.63) is 29.8 Å². The number of nitrogens with zero attached hydrogens (tertiary/aromatic N) is 2. The van der Waals surface area contributed by atoms with Crippen LogP contribution in [0.15, 0.2) is 34.2 Å². The highest BCUT2D eigenvalue weighted by Crippen LogP contribution is 2.35. The van der Waals surface area contributed by atoms with Crippen molar-refractivity contribution in [3.63, 3.8) is 0 Å². The summed E-state index contributed by atoms with van der Waals surface area (Å²) in [6.45, 7) is 4.92. The van der Waals surface area contributed by atoms with Crippen LogP contribution < -0.4 is 10.0 Å². The Bertz CT molecular complexity index is 723. The van der Waals surface area contributed by atoms with Gasteiger partial charge in [0, 0.05) is 33.2 Å². The Morgan fingerprint density at radius 3 is 2.26 bits per heavy atom. The maximum absolute atomic E-state index is 12.3. The summed E-state index contributed by atoms with van der Waals surface area (Å²) in [5, 5.41) is 3.30. The fourth-order valence-corrected chi connectivity index (χ4v) is 5.10. The first-order chi connectivity index (χ1) is 12.5. The van der Waals surface area contributed by atoms with Gasteiger partial charge in [0.15, 0.2) is 5.96 Å². The third-order valence-corrected chi connectivity index (χ3v) is 7.00. The molecule has 2 fully saturated rings. The van der Waals surface area contributed by atoms with Crippen LogP contribution in [0.4, 0.5) is 0 Å². The summed E-state index contributed by atoms with van der Waals surface area (Å²) in [5.74, 6) is 2.47. The van der Waals surface area contributed by atoms with E-state index in [1.54, 1.807) is 19.2 Å². The summed E-state index contributed by atoms with van der Waals surface area (Å²) < 4.78 is 27.3. The van der Waals surface area contributed by atoms with Gasteiger partial charge in [-0.1, -0.05) is 30.5 Å². The summed E-state index contributed by atoms with van der Waals surface area (Å²) in [4.78, 5) is 7.01. The van der Waals surface area contributed by atoms with Crippen LogP contribution in [0.5, 0.6) is 0 Å². The first kappa shape index (κ1) is 22.4. The van der Waals surface area contributed by atoms with Crippen molar-refractivity contribution in [3.8, 4) is 0 Å². The minimum absolute atomic E-state index is 0. The zero-order chi connectivity index (χ0) is 18.6. The van der Waals surface area contributed by atoms with Crippen molar-refractivity contribution in [2.45, 2.75) is 37.5 Å². The fourth-order valence-electron chi connectivity index (χ4n) is 4.07. The van der Waals surface area contributed by atoms with E-state index < -0.39 is 10.0 Å². The number of sulfonamides is 1. The molecule has 1 aromatic carbocycles. The second-order valence-electron chi connectivity index (χ2n) is 7.39. The molecule has 1 aliphatic heterocycles. The minimum Gasteiger partial charge on any atom is -0.355 e. The van der Waals surface area contributed by atoms with Crippen LogP contribution in [-0.2, 0) is 10.0 Å². The number of hydrogen-bond donors (Lipinski definition) is 2. The van der Waals surface area contributed by atoms with Crippen molar-refractivity contribution in [2.75, 3.05) is 33.2 Å². The smallest absolute Gasteiger partial charge is 0.240 e. The molecule has 27 heavy (non-hydrogen) atoms. The molecular weight excluding hydrogens is 475 g/mol. The first-order valence-corrected chi connectivity index (χ1v) is 11.0. The van der Waals surface area contributed by atoms with E-state index in [1.165, 1.54) is 25.7 Å². The topological polar surface area (TPSA) is 73.8 Å². The molecule has 0 radical (unpaired) electrons. The summed E-state index contributed by atoms with van der Waals surface area (Å²) in [5.41, 5.74) is 1.04. The van der Waals surface area contributed by atoms with Crippen LogP contribution in [0, 0.1) is 18.8 Å². The third-order valence-electron chi connectivity index (χ3n) is 5.52. The van der Waals surface area contributed by atoms with Gasteiger partial charge < -0.3 is 10.2 Å². The third kappa shape index (κ3) is 5.80. The van der Waals surface area contributed by atoms with Gasteiger partial charge in [-0.25, -0.2) is 13.1 Å². The standard InChI is InChI=1S/C19H30N4O2S.HI/c1-15-7-9-18(10-8-15)26(24,25)22-12-11-21-19(20-2)23-13-16-5-3-4-6-17(16)14-23;/h7-10,16-17,22H,3-6,11-14H2,1-2H3,(H,20,21);1H. The molecule has 1 saturated carbocycles. The van der Waals surface area contributed by atoms with Crippen molar-refractivity contribution in [1.29, 1.82) is 0 Å². The van der Waals surface area contributed by atoms with E-state index in [4.69, 9.17) is 0 Å². The van der Waals surface area contributed by atoms with Gasteiger partial charge in [0.25, 0.3) is 0 Å². The number of halogens is 1. The molecule has 1 saturated heterocycles. The van der Waals surface area contributed by atoms with E-state index >= 15 is 0 Å². The lowest BCUT2D eigenvalue weighted by atomic mass is 9.82. The maximum Gasteiger partial charge on any atom is 0.240 e. The lowest BCUT2D eigenvalue weighted by molar-refractivity contribution is 0.299. The summed E-state index contributed by atoms with van der Waals surface area (Å²) in [6.07, 6.45) is 5.35. The summed E-state index contributed by atoms with van der Waals surface area (Å²) in [7, 11) is -1.67. The van der Waals surface area contributed by atoms with Gasteiger partial charge in [-0.05, 0) is 43.7 Å². The molecule has 0 amide bonds. The monoisotopic (exact) mass is 506 g/mol. The van der Waals surface area contributed by atoms with Crippen LogP contribution in [0.3, 0.4) is 0 Å². The number of guanidine groups is 1. The zero-order valence-corrected chi connectivity index (χ0v) is 19.3. The highest BCUT2D eigenvalue weighted by atomic mass is 127. The van der Waals surface area contributed by atoms with Crippen LogP contribution in [0.2, 0.25) is 0 Å². The number of hydrogen-bond acceptors (Lipinski definition) is 3. The highest BCUT2D eigenvalue weighted by molar-refractivity contribution is 14.0. The minimum atomic E-state index is -3.46. The molecule has 1 aromatic rings. The molecule has 0 aromatic heterocycles. The molecule has 6 nitrogen and oxygen atoms in total. The number of benzene rings is 1. The molecule has 0 spiro atoms. The molecule has 2 atom stereocenters. The van der Waals surface area contributed by atoms with E-state index in [2.05, 4.69) is 19.9 Å². The number of fused-ring (bicyclic) bond motifs is 1. The van der Waals surface area contributed by atoms with E-state index in [0.717, 1.165) is 36.4 Å². The molecule has 2 unspecified atom stereocenters. The Labute approximate surface area is 180 Å². The first-order valence-electron chi connectivity index (χ1n) is 9.51. The van der Waals surface area contributed by atoms with E-state index in [9.17, 15) is 8.42 Å². The number of nitrogens with one attached hydrogen (secondary N) is 2.